The van der Waals surface area contributed by atoms with Gasteiger partial charge in [0.05, 0.1) is 13.2 Å². The van der Waals surface area contributed by atoms with Crippen molar-refractivity contribution in [1.29, 1.82) is 0 Å². The van der Waals surface area contributed by atoms with Gasteiger partial charge < -0.3 is 24.1 Å². The van der Waals surface area contributed by atoms with Gasteiger partial charge in [0.2, 0.25) is 0 Å². The molecule has 0 amide bonds. The number of H-pyrrole nitrogens is 1. The second kappa shape index (κ2) is 7.02. The van der Waals surface area contributed by atoms with E-state index in [1.54, 1.807) is 6.07 Å². The first-order valence-corrected chi connectivity index (χ1v) is 7.83. The van der Waals surface area contributed by atoms with Crippen molar-refractivity contribution in [2.45, 2.75) is 18.9 Å². The second-order valence-corrected chi connectivity index (χ2v) is 6.00. The molecular weight excluding hydrogens is 296 g/mol. The third-order valence-corrected chi connectivity index (χ3v) is 3.92. The van der Waals surface area contributed by atoms with Gasteiger partial charge in [-0.05, 0) is 38.2 Å². The molecule has 0 aliphatic carbocycles. The van der Waals surface area contributed by atoms with Crippen LogP contribution < -0.4 is 4.74 Å². The number of nitrogens with zero attached hydrogens (tertiary/aromatic N) is 1. The van der Waals surface area contributed by atoms with Crippen LogP contribution in [0.25, 0.3) is 10.9 Å². The number of carbonyl (C=O) groups is 1. The number of fused-ring (bicyclic) bond motifs is 1. The van der Waals surface area contributed by atoms with Gasteiger partial charge in [-0.15, -0.1) is 0 Å². The van der Waals surface area contributed by atoms with Crippen LogP contribution in [0.3, 0.4) is 0 Å². The molecule has 2 heterocycles. The van der Waals surface area contributed by atoms with Gasteiger partial charge in [0.15, 0.2) is 0 Å². The maximum absolute atomic E-state index is 12.0. The summed E-state index contributed by atoms with van der Waals surface area (Å²) in [6.45, 7) is 1.99. The molecule has 23 heavy (non-hydrogen) atoms. The Morgan fingerprint density at radius 1 is 1.43 bits per heavy atom. The first-order valence-electron chi connectivity index (χ1n) is 7.83. The van der Waals surface area contributed by atoms with Gasteiger partial charge in [0, 0.05) is 30.1 Å². The highest BCUT2D eigenvalue weighted by atomic mass is 16.7. The van der Waals surface area contributed by atoms with E-state index in [0.717, 1.165) is 35.9 Å². The number of likely N-dealkylation sites (N-methyl/N-ethyl adjacent to an activating group) is 1. The number of rotatable bonds is 5. The fourth-order valence-corrected chi connectivity index (χ4v) is 2.70. The Bertz CT molecular complexity index is 674. The molecule has 0 saturated carbocycles. The molecule has 1 saturated heterocycles. The van der Waals surface area contributed by atoms with E-state index in [2.05, 4.69) is 9.88 Å². The molecule has 1 fully saturated rings. The number of nitrogens with one attached hydrogen (secondary N) is 1. The van der Waals surface area contributed by atoms with Crippen LogP contribution >= 0.6 is 0 Å². The van der Waals surface area contributed by atoms with Crippen molar-refractivity contribution in [2.24, 2.45) is 0 Å². The van der Waals surface area contributed by atoms with E-state index in [1.807, 2.05) is 32.4 Å². The second-order valence-electron chi connectivity index (χ2n) is 6.00. The Balaban J connectivity index is 1.76. The van der Waals surface area contributed by atoms with E-state index >= 15 is 0 Å². The predicted octanol–water partition coefficient (Wildman–Crippen LogP) is 2.58. The summed E-state index contributed by atoms with van der Waals surface area (Å²) >= 11 is 0. The molecule has 6 heteroatoms. The number of hydrogen-bond acceptors (Lipinski definition) is 5. The van der Waals surface area contributed by atoms with Gasteiger partial charge in [-0.3, -0.25) is 0 Å². The van der Waals surface area contributed by atoms with Crippen LogP contribution in [0.4, 0.5) is 4.79 Å². The van der Waals surface area contributed by atoms with Crippen molar-refractivity contribution in [3.63, 3.8) is 0 Å². The molecular formula is C17H22N2O4. The molecule has 2 aromatic rings. The molecule has 1 N–H and O–H groups in total. The number of hydrogen-bond donors (Lipinski definition) is 1. The SMILES string of the molecule is CN(C)CCc1c[nH]c2cccc(OC(=O)OC3CCOC3)c12. The van der Waals surface area contributed by atoms with Gasteiger partial charge in [-0.1, -0.05) is 6.07 Å². The minimum atomic E-state index is -0.673. The van der Waals surface area contributed by atoms with Crippen molar-refractivity contribution in [3.8, 4) is 5.75 Å². The summed E-state index contributed by atoms with van der Waals surface area (Å²) in [4.78, 5) is 17.3. The number of benzene rings is 1. The maximum Gasteiger partial charge on any atom is 0.514 e. The van der Waals surface area contributed by atoms with Crippen LogP contribution in [0.15, 0.2) is 24.4 Å². The normalized spacial score (nSPS) is 17.8. The van der Waals surface area contributed by atoms with Gasteiger partial charge in [0.25, 0.3) is 0 Å². The van der Waals surface area contributed by atoms with Crippen LogP contribution in [0, 0.1) is 0 Å². The molecule has 3 rings (SSSR count). The Morgan fingerprint density at radius 2 is 2.30 bits per heavy atom. The zero-order chi connectivity index (χ0) is 16.2. The summed E-state index contributed by atoms with van der Waals surface area (Å²) in [6, 6.07) is 5.62. The average Bonchev–Trinajstić information content (AvgIpc) is 3.15. The zero-order valence-electron chi connectivity index (χ0n) is 13.5. The molecule has 124 valence electrons. The summed E-state index contributed by atoms with van der Waals surface area (Å²) < 4.78 is 15.9. The molecule has 0 bridgehead atoms. The van der Waals surface area contributed by atoms with E-state index in [0.29, 0.717) is 19.0 Å². The molecule has 1 aromatic carbocycles. The van der Waals surface area contributed by atoms with Gasteiger partial charge in [-0.2, -0.15) is 0 Å². The molecule has 6 nitrogen and oxygen atoms in total. The Labute approximate surface area is 135 Å². The quantitative estimate of drug-likeness (QED) is 0.678. The molecule has 1 atom stereocenters. The summed E-state index contributed by atoms with van der Waals surface area (Å²) in [7, 11) is 4.07. The first-order chi connectivity index (χ1) is 11.1. The van der Waals surface area contributed by atoms with Gasteiger partial charge >= 0.3 is 6.16 Å². The van der Waals surface area contributed by atoms with Crippen LogP contribution in [0.5, 0.6) is 5.75 Å². The Hall–Kier alpha value is -2.05. The number of aromatic nitrogens is 1. The molecule has 1 unspecified atom stereocenters. The van der Waals surface area contributed by atoms with Crippen LogP contribution in [-0.2, 0) is 15.9 Å². The lowest BCUT2D eigenvalue weighted by Gasteiger charge is -2.12. The van der Waals surface area contributed by atoms with Crippen LogP contribution in [0.1, 0.15) is 12.0 Å². The van der Waals surface area contributed by atoms with E-state index in [-0.39, 0.29) is 6.10 Å². The first kappa shape index (κ1) is 15.8. The third-order valence-electron chi connectivity index (χ3n) is 3.92. The molecule has 1 aliphatic rings. The monoisotopic (exact) mass is 318 g/mol. The standard InChI is InChI=1S/C17H22N2O4/c1-19(2)8-6-12-10-18-14-4-3-5-15(16(12)14)23-17(20)22-13-7-9-21-11-13/h3-5,10,13,18H,6-9,11H2,1-2H3. The summed E-state index contributed by atoms with van der Waals surface area (Å²) in [5.41, 5.74) is 2.08. The van der Waals surface area contributed by atoms with E-state index in [4.69, 9.17) is 14.2 Å². The van der Waals surface area contributed by atoms with E-state index in [9.17, 15) is 4.79 Å². The Morgan fingerprint density at radius 3 is 3.04 bits per heavy atom. The lowest BCUT2D eigenvalue weighted by molar-refractivity contribution is 0.0510. The highest BCUT2D eigenvalue weighted by molar-refractivity contribution is 5.90. The van der Waals surface area contributed by atoms with Crippen molar-refractivity contribution in [1.82, 2.24) is 9.88 Å². The van der Waals surface area contributed by atoms with Crippen molar-refractivity contribution < 1.29 is 19.0 Å². The van der Waals surface area contributed by atoms with Crippen LogP contribution in [-0.4, -0.2) is 56.0 Å². The highest BCUT2D eigenvalue weighted by Gasteiger charge is 2.22. The van der Waals surface area contributed by atoms with E-state index in [1.165, 1.54) is 0 Å². The summed E-state index contributed by atoms with van der Waals surface area (Å²) in [6.07, 6.45) is 2.68. The largest absolute Gasteiger partial charge is 0.514 e. The molecule has 0 spiro atoms. The summed E-state index contributed by atoms with van der Waals surface area (Å²) in [5.74, 6) is 0.529. The molecule has 1 aromatic heterocycles. The lowest BCUT2D eigenvalue weighted by Crippen LogP contribution is -2.21. The minimum Gasteiger partial charge on any atom is -0.428 e. The Kier molecular flexibility index (Phi) is 4.83. The number of ether oxygens (including phenoxy) is 3. The number of aromatic amines is 1. The van der Waals surface area contributed by atoms with Gasteiger partial charge in [-0.25, -0.2) is 4.79 Å². The third kappa shape index (κ3) is 3.83. The average molecular weight is 318 g/mol. The van der Waals surface area contributed by atoms with Gasteiger partial charge in [0.1, 0.15) is 11.9 Å². The van der Waals surface area contributed by atoms with Crippen molar-refractivity contribution in [3.05, 3.63) is 30.0 Å². The zero-order valence-corrected chi connectivity index (χ0v) is 13.5. The molecule has 1 aliphatic heterocycles. The van der Waals surface area contributed by atoms with E-state index < -0.39 is 6.16 Å². The maximum atomic E-state index is 12.0. The minimum absolute atomic E-state index is 0.207. The fraction of sp³-hybridized carbons (Fsp3) is 0.471. The van der Waals surface area contributed by atoms with Crippen molar-refractivity contribution in [2.75, 3.05) is 33.9 Å². The highest BCUT2D eigenvalue weighted by Crippen LogP contribution is 2.29. The molecule has 0 radical (unpaired) electrons. The smallest absolute Gasteiger partial charge is 0.428 e. The number of carbonyl (C=O) groups excluding carboxylic acids is 1. The van der Waals surface area contributed by atoms with Crippen LogP contribution in [0.2, 0.25) is 0 Å². The topological polar surface area (TPSA) is 63.8 Å². The lowest BCUT2D eigenvalue weighted by atomic mass is 10.1. The van der Waals surface area contributed by atoms with Crippen molar-refractivity contribution >= 4 is 17.1 Å². The predicted molar refractivity (Wildman–Crippen MR) is 86.9 cm³/mol. The summed E-state index contributed by atoms with van der Waals surface area (Å²) in [5, 5.41) is 0.939. The fourth-order valence-electron chi connectivity index (χ4n) is 2.70.